The summed E-state index contributed by atoms with van der Waals surface area (Å²) in [5.74, 6) is 0.548. The number of benzene rings is 1. The van der Waals surface area contributed by atoms with Gasteiger partial charge in [0.25, 0.3) is 0 Å². The van der Waals surface area contributed by atoms with Gasteiger partial charge in [0.2, 0.25) is 5.82 Å². The van der Waals surface area contributed by atoms with Crippen molar-refractivity contribution in [1.29, 1.82) is 0 Å². The van der Waals surface area contributed by atoms with E-state index in [1.165, 1.54) is 0 Å². The van der Waals surface area contributed by atoms with E-state index in [0.29, 0.717) is 10.8 Å². The largest absolute Gasteiger partial charge is 0.364 e. The van der Waals surface area contributed by atoms with Crippen LogP contribution in [0.25, 0.3) is 15.7 Å². The van der Waals surface area contributed by atoms with Gasteiger partial charge in [0.15, 0.2) is 0 Å². The van der Waals surface area contributed by atoms with Gasteiger partial charge in [-0.2, -0.15) is 0 Å². The van der Waals surface area contributed by atoms with Gasteiger partial charge < -0.3 is 9.83 Å². The van der Waals surface area contributed by atoms with Crippen LogP contribution in [0.15, 0.2) is 24.3 Å². The zero-order valence-electron chi connectivity index (χ0n) is 6.13. The molecule has 0 unspecified atom stereocenters. The first-order valence-electron chi connectivity index (χ1n) is 3.45. The fourth-order valence-corrected chi connectivity index (χ4v) is 1.33. The summed E-state index contributed by atoms with van der Waals surface area (Å²) in [6.45, 7) is 6.79. The lowest BCUT2D eigenvalue weighted by molar-refractivity contribution is 1.50. The third-order valence-corrected chi connectivity index (χ3v) is 1.92. The van der Waals surface area contributed by atoms with Crippen molar-refractivity contribution in [2.75, 3.05) is 0 Å². The molecule has 0 bridgehead atoms. The molecule has 0 saturated carbocycles. The Balaban J connectivity index is 2.77. The van der Waals surface area contributed by atoms with E-state index >= 15 is 0 Å². The summed E-state index contributed by atoms with van der Waals surface area (Å²) in [6.07, 6.45) is 0. The summed E-state index contributed by atoms with van der Waals surface area (Å²) in [7, 11) is 0. The maximum absolute atomic E-state index is 6.79. The van der Waals surface area contributed by atoms with Crippen molar-refractivity contribution in [2.45, 2.75) is 0 Å². The molecule has 1 heterocycles. The zero-order valence-corrected chi connectivity index (χ0v) is 6.89. The fourth-order valence-electron chi connectivity index (χ4n) is 1.15. The molecule has 0 aliphatic carbocycles. The second-order valence-corrected chi connectivity index (χ2v) is 2.93. The average molecular weight is 177 g/mol. The SMILES string of the molecule is [C-]#[N+]c1cc2cc(Cl)ccc2[nH]1. The van der Waals surface area contributed by atoms with E-state index in [0.717, 1.165) is 10.9 Å². The molecule has 0 atom stereocenters. The van der Waals surface area contributed by atoms with Gasteiger partial charge in [-0.3, -0.25) is 0 Å². The Labute approximate surface area is 74.6 Å². The van der Waals surface area contributed by atoms with Gasteiger partial charge in [-0.25, -0.2) is 0 Å². The number of hydrogen-bond donors (Lipinski definition) is 1. The Kier molecular flexibility index (Phi) is 1.53. The van der Waals surface area contributed by atoms with Crippen molar-refractivity contribution in [1.82, 2.24) is 4.98 Å². The number of aromatic nitrogens is 1. The molecule has 2 rings (SSSR count). The van der Waals surface area contributed by atoms with Crippen LogP contribution in [0.1, 0.15) is 0 Å². The van der Waals surface area contributed by atoms with Crippen molar-refractivity contribution in [3.05, 3.63) is 40.7 Å². The second-order valence-electron chi connectivity index (χ2n) is 2.50. The van der Waals surface area contributed by atoms with Crippen LogP contribution in [-0.2, 0) is 0 Å². The Morgan fingerprint density at radius 3 is 2.92 bits per heavy atom. The van der Waals surface area contributed by atoms with Crippen LogP contribution in [0.2, 0.25) is 5.02 Å². The number of rotatable bonds is 0. The number of fused-ring (bicyclic) bond motifs is 1. The van der Waals surface area contributed by atoms with Crippen molar-refractivity contribution in [2.24, 2.45) is 0 Å². The molecule has 0 radical (unpaired) electrons. The van der Waals surface area contributed by atoms with Crippen LogP contribution in [0.3, 0.4) is 0 Å². The molecule has 12 heavy (non-hydrogen) atoms. The van der Waals surface area contributed by atoms with Crippen LogP contribution >= 0.6 is 11.6 Å². The van der Waals surface area contributed by atoms with E-state index in [2.05, 4.69) is 9.83 Å². The highest BCUT2D eigenvalue weighted by Gasteiger charge is 2.00. The molecule has 58 valence electrons. The van der Waals surface area contributed by atoms with Crippen molar-refractivity contribution < 1.29 is 0 Å². The Morgan fingerprint density at radius 2 is 2.17 bits per heavy atom. The molecule has 0 amide bonds. The van der Waals surface area contributed by atoms with Crippen LogP contribution in [0.4, 0.5) is 5.82 Å². The van der Waals surface area contributed by atoms with Gasteiger partial charge in [-0.1, -0.05) is 18.2 Å². The van der Waals surface area contributed by atoms with Gasteiger partial charge in [0, 0.05) is 10.4 Å². The van der Waals surface area contributed by atoms with Crippen LogP contribution in [0, 0.1) is 6.57 Å². The maximum atomic E-state index is 6.79. The Bertz CT molecular complexity index is 465. The number of aromatic amines is 1. The minimum Gasteiger partial charge on any atom is -0.364 e. The number of halogens is 1. The molecule has 0 saturated heterocycles. The second kappa shape index (κ2) is 2.54. The fraction of sp³-hybridized carbons (Fsp3) is 0. The minimum absolute atomic E-state index is 0.548. The van der Waals surface area contributed by atoms with E-state index in [-0.39, 0.29) is 0 Å². The van der Waals surface area contributed by atoms with Crippen molar-refractivity contribution in [3.8, 4) is 0 Å². The number of hydrogen-bond acceptors (Lipinski definition) is 0. The molecule has 0 spiro atoms. The molecule has 0 aliphatic heterocycles. The molecule has 1 aromatic carbocycles. The molecule has 0 aliphatic rings. The molecule has 1 aromatic heterocycles. The average Bonchev–Trinajstić information content (AvgIpc) is 2.46. The molecular weight excluding hydrogens is 172 g/mol. The minimum atomic E-state index is 0.548. The van der Waals surface area contributed by atoms with Crippen molar-refractivity contribution in [3.63, 3.8) is 0 Å². The number of nitrogens with zero attached hydrogens (tertiary/aromatic N) is 1. The van der Waals surface area contributed by atoms with E-state index in [1.807, 2.05) is 12.1 Å². The van der Waals surface area contributed by atoms with Crippen LogP contribution in [-0.4, -0.2) is 4.98 Å². The summed E-state index contributed by atoms with van der Waals surface area (Å²) in [6, 6.07) is 7.29. The third-order valence-electron chi connectivity index (χ3n) is 1.69. The van der Waals surface area contributed by atoms with Gasteiger partial charge in [-0.15, -0.1) is 0 Å². The zero-order chi connectivity index (χ0) is 8.55. The molecule has 2 aromatic rings. The molecule has 0 fully saturated rings. The predicted molar refractivity (Wildman–Crippen MR) is 49.6 cm³/mol. The first-order chi connectivity index (χ1) is 5.79. The maximum Gasteiger partial charge on any atom is 0.229 e. The number of H-pyrrole nitrogens is 1. The summed E-state index contributed by atoms with van der Waals surface area (Å²) in [4.78, 5) is 6.25. The highest BCUT2D eigenvalue weighted by molar-refractivity contribution is 6.31. The first kappa shape index (κ1) is 7.20. The summed E-state index contributed by atoms with van der Waals surface area (Å²) in [5, 5.41) is 1.67. The molecule has 1 N–H and O–H groups in total. The Hall–Kier alpha value is -1.46. The lowest BCUT2D eigenvalue weighted by Gasteiger charge is -1.86. The smallest absolute Gasteiger partial charge is 0.229 e. The topological polar surface area (TPSA) is 20.1 Å². The quantitative estimate of drug-likeness (QED) is 0.594. The standard InChI is InChI=1S/C9H5ClN2/c1-11-9-5-6-4-7(10)2-3-8(6)12-9/h2-5,12H. The first-order valence-corrected chi connectivity index (χ1v) is 3.83. The van der Waals surface area contributed by atoms with Crippen LogP contribution < -0.4 is 0 Å². The monoisotopic (exact) mass is 176 g/mol. The van der Waals surface area contributed by atoms with Crippen molar-refractivity contribution >= 4 is 28.3 Å². The van der Waals surface area contributed by atoms with Crippen LogP contribution in [0.5, 0.6) is 0 Å². The summed E-state index contributed by atoms with van der Waals surface area (Å²) >= 11 is 5.78. The van der Waals surface area contributed by atoms with Gasteiger partial charge in [0.05, 0.1) is 0 Å². The molecule has 2 nitrogen and oxygen atoms in total. The lowest BCUT2D eigenvalue weighted by Crippen LogP contribution is -1.65. The summed E-state index contributed by atoms with van der Waals surface area (Å²) < 4.78 is 0. The predicted octanol–water partition coefficient (Wildman–Crippen LogP) is 3.37. The Morgan fingerprint density at radius 1 is 1.33 bits per heavy atom. The van der Waals surface area contributed by atoms with E-state index in [1.54, 1.807) is 12.1 Å². The van der Waals surface area contributed by atoms with Gasteiger partial charge in [-0.05, 0) is 24.3 Å². The highest BCUT2D eigenvalue weighted by atomic mass is 35.5. The van der Waals surface area contributed by atoms with Gasteiger partial charge >= 0.3 is 0 Å². The van der Waals surface area contributed by atoms with E-state index in [4.69, 9.17) is 18.2 Å². The summed E-state index contributed by atoms with van der Waals surface area (Å²) in [5.41, 5.74) is 0.949. The highest BCUT2D eigenvalue weighted by Crippen LogP contribution is 2.23. The molecule has 3 heteroatoms. The normalized spacial score (nSPS) is 10.0. The van der Waals surface area contributed by atoms with E-state index in [9.17, 15) is 0 Å². The molecular formula is C9H5ClN2. The third kappa shape index (κ3) is 1.05. The van der Waals surface area contributed by atoms with E-state index < -0.39 is 0 Å². The lowest BCUT2D eigenvalue weighted by atomic mass is 10.2. The number of nitrogens with one attached hydrogen (secondary N) is 1. The van der Waals surface area contributed by atoms with Gasteiger partial charge in [0.1, 0.15) is 5.52 Å².